The fourth-order valence-electron chi connectivity index (χ4n) is 4.59. The van der Waals surface area contributed by atoms with Crippen molar-refractivity contribution in [2.45, 2.75) is 17.1 Å². The van der Waals surface area contributed by atoms with Gasteiger partial charge >= 0.3 is 0 Å². The lowest BCUT2D eigenvalue weighted by Gasteiger charge is -2.37. The molecule has 0 saturated heterocycles. The van der Waals surface area contributed by atoms with Crippen molar-refractivity contribution in [3.8, 4) is 0 Å². The average Bonchev–Trinajstić information content (AvgIpc) is 2.90. The Morgan fingerprint density at radius 2 is 1.12 bits per heavy atom. The molecule has 4 aromatic carbocycles. The number of hydrogen-bond acceptors (Lipinski definition) is 3. The number of benzene rings is 4. The van der Waals surface area contributed by atoms with Gasteiger partial charge in [0.2, 0.25) is 0 Å². The van der Waals surface area contributed by atoms with Crippen molar-refractivity contribution in [3.05, 3.63) is 144 Å². The molecule has 0 fully saturated rings. The van der Waals surface area contributed by atoms with Gasteiger partial charge in [-0.2, -0.15) is 0 Å². The molecule has 3 atom stereocenters. The van der Waals surface area contributed by atoms with Crippen LogP contribution in [0.3, 0.4) is 0 Å². The molecule has 0 radical (unpaired) electrons. The highest BCUT2D eigenvalue weighted by Crippen LogP contribution is 2.46. The van der Waals surface area contributed by atoms with Gasteiger partial charge in [0.05, 0.1) is 16.8 Å². The Balaban J connectivity index is 1.65. The van der Waals surface area contributed by atoms with Gasteiger partial charge in [0.25, 0.3) is 0 Å². The highest BCUT2D eigenvalue weighted by atomic mass is 32.2. The summed E-state index contributed by atoms with van der Waals surface area (Å²) in [7, 11) is -3.54. The molecule has 5 rings (SSSR count). The minimum absolute atomic E-state index is 0.0428. The van der Waals surface area contributed by atoms with E-state index in [4.69, 9.17) is 4.74 Å². The van der Waals surface area contributed by atoms with E-state index in [1.165, 1.54) is 0 Å². The maximum absolute atomic E-state index is 13.5. The molecule has 4 aromatic rings. The van der Waals surface area contributed by atoms with Gasteiger partial charge in [0.1, 0.15) is 6.10 Å². The molecule has 0 amide bonds. The topological polar surface area (TPSA) is 43.4 Å². The minimum atomic E-state index is -3.54. The van der Waals surface area contributed by atoms with E-state index < -0.39 is 15.9 Å². The average molecular weight is 467 g/mol. The summed E-state index contributed by atoms with van der Waals surface area (Å²) < 4.78 is 33.7. The van der Waals surface area contributed by atoms with Crippen LogP contribution in [0.15, 0.2) is 132 Å². The Morgan fingerprint density at radius 3 is 1.71 bits per heavy atom. The molecule has 34 heavy (non-hydrogen) atoms. The molecule has 1 aliphatic heterocycles. The zero-order valence-corrected chi connectivity index (χ0v) is 19.5. The van der Waals surface area contributed by atoms with Crippen molar-refractivity contribution in [1.82, 2.24) is 0 Å². The maximum Gasteiger partial charge on any atom is 0.179 e. The summed E-state index contributed by atoms with van der Waals surface area (Å²) in [5.74, 6) is -0.409. The van der Waals surface area contributed by atoms with Crippen LogP contribution < -0.4 is 0 Å². The summed E-state index contributed by atoms with van der Waals surface area (Å²) in [6.45, 7) is 0. The van der Waals surface area contributed by atoms with E-state index in [0.29, 0.717) is 4.90 Å². The quantitative estimate of drug-likeness (QED) is 0.319. The molecule has 0 N–H and O–H groups in total. The lowest BCUT2D eigenvalue weighted by molar-refractivity contribution is -0.0162. The summed E-state index contributed by atoms with van der Waals surface area (Å²) in [6.07, 6.45) is 1.40. The van der Waals surface area contributed by atoms with Gasteiger partial charge in [-0.1, -0.05) is 109 Å². The maximum atomic E-state index is 13.5. The van der Waals surface area contributed by atoms with Gasteiger partial charge < -0.3 is 4.74 Å². The fourth-order valence-corrected chi connectivity index (χ4v) is 6.18. The van der Waals surface area contributed by atoms with Crippen molar-refractivity contribution >= 4 is 15.4 Å². The second-order valence-corrected chi connectivity index (χ2v) is 10.5. The van der Waals surface area contributed by atoms with E-state index in [1.807, 2.05) is 97.1 Å². The Bertz CT molecular complexity index is 1350. The predicted octanol–water partition coefficient (Wildman–Crippen LogP) is 6.67. The molecule has 4 heteroatoms. The van der Waals surface area contributed by atoms with E-state index in [0.717, 1.165) is 22.3 Å². The molecular formula is C30H26O3S. The highest BCUT2D eigenvalue weighted by molar-refractivity contribution is 7.91. The zero-order valence-electron chi connectivity index (χ0n) is 18.7. The predicted molar refractivity (Wildman–Crippen MR) is 136 cm³/mol. The van der Waals surface area contributed by atoms with Gasteiger partial charge in [-0.25, -0.2) is 8.42 Å². The molecule has 0 unspecified atom stereocenters. The first-order valence-corrected chi connectivity index (χ1v) is 13.1. The minimum Gasteiger partial charge on any atom is -0.361 e. The van der Waals surface area contributed by atoms with Crippen LogP contribution in [-0.2, 0) is 14.6 Å². The van der Waals surface area contributed by atoms with Crippen molar-refractivity contribution in [3.63, 3.8) is 0 Å². The van der Waals surface area contributed by atoms with Crippen LogP contribution in [0.4, 0.5) is 0 Å². The van der Waals surface area contributed by atoms with Crippen molar-refractivity contribution in [2.24, 2.45) is 5.92 Å². The van der Waals surface area contributed by atoms with Gasteiger partial charge in [-0.05, 0) is 40.5 Å². The Hall–Kier alpha value is -3.47. The number of ether oxygens (including phenoxy) is 1. The third-order valence-electron chi connectivity index (χ3n) is 6.25. The first kappa shape index (κ1) is 22.3. The van der Waals surface area contributed by atoms with Gasteiger partial charge in [0.15, 0.2) is 9.84 Å². The van der Waals surface area contributed by atoms with Crippen molar-refractivity contribution in [2.75, 3.05) is 5.75 Å². The van der Waals surface area contributed by atoms with Gasteiger partial charge in [-0.15, -0.1) is 0 Å². The smallest absolute Gasteiger partial charge is 0.179 e. The first-order chi connectivity index (χ1) is 16.6. The van der Waals surface area contributed by atoms with Crippen molar-refractivity contribution < 1.29 is 13.2 Å². The molecule has 0 bridgehead atoms. The molecule has 170 valence electrons. The van der Waals surface area contributed by atoms with E-state index >= 15 is 0 Å². The monoisotopic (exact) mass is 466 g/mol. The highest BCUT2D eigenvalue weighted by Gasteiger charge is 2.38. The van der Waals surface area contributed by atoms with Gasteiger partial charge in [-0.3, -0.25) is 0 Å². The zero-order chi connectivity index (χ0) is 23.4. The summed E-state index contributed by atoms with van der Waals surface area (Å²) >= 11 is 0. The molecule has 0 aliphatic carbocycles. The molecule has 1 heterocycles. The van der Waals surface area contributed by atoms with E-state index in [-0.39, 0.29) is 17.8 Å². The van der Waals surface area contributed by atoms with Crippen LogP contribution in [0.5, 0.6) is 0 Å². The standard InChI is InChI=1S/C30H26O3S/c31-34(32,26-19-11-4-12-20-26)22-28-27(23-13-5-1-6-14-23)21-29(24-15-7-2-8-16-24)33-30(28)25-17-9-3-10-18-25/h1-21,28-30H,22H2/t28-,29-,30-/m1/s1. The molecule has 0 spiro atoms. The van der Waals surface area contributed by atoms with Crippen LogP contribution in [0.1, 0.15) is 28.9 Å². The molecule has 1 aliphatic rings. The third-order valence-corrected chi connectivity index (χ3v) is 8.04. The summed E-state index contributed by atoms with van der Waals surface area (Å²) in [6, 6.07) is 38.7. The largest absolute Gasteiger partial charge is 0.361 e. The van der Waals surface area contributed by atoms with E-state index in [2.05, 4.69) is 6.08 Å². The van der Waals surface area contributed by atoms with Crippen LogP contribution in [0.2, 0.25) is 0 Å². The van der Waals surface area contributed by atoms with E-state index in [9.17, 15) is 8.42 Å². The Morgan fingerprint density at radius 1 is 0.618 bits per heavy atom. The molecular weight excluding hydrogens is 440 g/mol. The third kappa shape index (κ3) is 4.74. The van der Waals surface area contributed by atoms with Crippen molar-refractivity contribution in [1.29, 1.82) is 0 Å². The lowest BCUT2D eigenvalue weighted by atomic mass is 9.82. The second kappa shape index (κ2) is 9.80. The van der Waals surface area contributed by atoms with Crippen LogP contribution in [0.25, 0.3) is 5.57 Å². The van der Waals surface area contributed by atoms with Crippen LogP contribution >= 0.6 is 0 Å². The van der Waals surface area contributed by atoms with Gasteiger partial charge in [0, 0.05) is 5.92 Å². The lowest BCUT2D eigenvalue weighted by Crippen LogP contribution is -2.30. The molecule has 0 aromatic heterocycles. The number of sulfone groups is 1. The number of hydrogen-bond donors (Lipinski definition) is 0. The molecule has 3 nitrogen and oxygen atoms in total. The number of rotatable bonds is 6. The normalized spacial score (nSPS) is 20.5. The summed E-state index contributed by atoms with van der Waals surface area (Å²) in [4.78, 5) is 0.333. The SMILES string of the molecule is O=S(=O)(C[C@@H]1C(c2ccccc2)=C[C@H](c2ccccc2)O[C@@H]1c1ccccc1)c1ccccc1. The van der Waals surface area contributed by atoms with Crippen LogP contribution in [0, 0.1) is 5.92 Å². The van der Waals surface area contributed by atoms with Crippen LogP contribution in [-0.4, -0.2) is 14.2 Å². The Labute approximate surface area is 201 Å². The summed E-state index contributed by atoms with van der Waals surface area (Å²) in [5, 5.41) is 0. The first-order valence-electron chi connectivity index (χ1n) is 11.4. The van der Waals surface area contributed by atoms with E-state index in [1.54, 1.807) is 24.3 Å². The summed E-state index contributed by atoms with van der Waals surface area (Å²) in [5.41, 5.74) is 4.02. The Kier molecular flexibility index (Phi) is 6.43. The second-order valence-electron chi connectivity index (χ2n) is 8.49. The molecule has 0 saturated carbocycles. The fraction of sp³-hybridized carbons (Fsp3) is 0.133.